The Bertz CT molecular complexity index is 1190. The number of hydrazone groups is 1. The van der Waals surface area contributed by atoms with Gasteiger partial charge in [0, 0.05) is 4.47 Å². The molecule has 0 bridgehead atoms. The first-order valence-electron chi connectivity index (χ1n) is 9.50. The molecule has 0 unspecified atom stereocenters. The fourth-order valence-corrected chi connectivity index (χ4v) is 4.68. The van der Waals surface area contributed by atoms with Crippen LogP contribution < -0.4 is 9.73 Å². The maximum Gasteiger partial charge on any atom is 0.264 e. The SMILES string of the molecule is Cc1cccc(N(CC(=O)N/N=C/c2ccc(Br)cc2)S(=O)(=O)c2ccccc2)c1C. The number of amides is 1. The van der Waals surface area contributed by atoms with Crippen LogP contribution in [0.5, 0.6) is 0 Å². The van der Waals surface area contributed by atoms with E-state index in [-0.39, 0.29) is 4.90 Å². The zero-order valence-corrected chi connectivity index (χ0v) is 19.5. The quantitative estimate of drug-likeness (QED) is 0.386. The van der Waals surface area contributed by atoms with E-state index in [0.717, 1.165) is 25.5 Å². The van der Waals surface area contributed by atoms with E-state index in [4.69, 9.17) is 0 Å². The van der Waals surface area contributed by atoms with Gasteiger partial charge in [0.15, 0.2) is 0 Å². The number of hydrogen-bond donors (Lipinski definition) is 1. The van der Waals surface area contributed by atoms with E-state index in [9.17, 15) is 13.2 Å². The number of hydrogen-bond acceptors (Lipinski definition) is 4. The largest absolute Gasteiger partial charge is 0.271 e. The molecule has 8 heteroatoms. The Kier molecular flexibility index (Phi) is 7.25. The van der Waals surface area contributed by atoms with Crippen LogP contribution in [0.4, 0.5) is 5.69 Å². The normalized spacial score (nSPS) is 11.5. The van der Waals surface area contributed by atoms with Gasteiger partial charge in [-0.1, -0.05) is 58.4 Å². The Morgan fingerprint density at radius 1 is 1.00 bits per heavy atom. The summed E-state index contributed by atoms with van der Waals surface area (Å²) in [5.41, 5.74) is 5.38. The van der Waals surface area contributed by atoms with Crippen molar-refractivity contribution in [3.8, 4) is 0 Å². The van der Waals surface area contributed by atoms with Gasteiger partial charge in [-0.2, -0.15) is 5.10 Å². The lowest BCUT2D eigenvalue weighted by atomic mass is 10.1. The summed E-state index contributed by atoms with van der Waals surface area (Å²) in [6.07, 6.45) is 1.50. The lowest BCUT2D eigenvalue weighted by Crippen LogP contribution is -2.40. The highest BCUT2D eigenvalue weighted by molar-refractivity contribution is 9.10. The van der Waals surface area contributed by atoms with E-state index in [0.29, 0.717) is 5.69 Å². The van der Waals surface area contributed by atoms with E-state index in [1.807, 2.05) is 44.2 Å². The van der Waals surface area contributed by atoms with Gasteiger partial charge in [-0.05, 0) is 60.9 Å². The molecule has 0 atom stereocenters. The number of anilines is 1. The molecule has 0 aliphatic carbocycles. The van der Waals surface area contributed by atoms with Gasteiger partial charge in [0.1, 0.15) is 6.54 Å². The molecule has 0 saturated heterocycles. The number of carbonyl (C=O) groups excluding carboxylic acids is 1. The molecule has 0 aromatic heterocycles. The van der Waals surface area contributed by atoms with Crippen molar-refractivity contribution in [3.05, 3.63) is 94.0 Å². The monoisotopic (exact) mass is 499 g/mol. The van der Waals surface area contributed by atoms with Crippen molar-refractivity contribution in [2.45, 2.75) is 18.7 Å². The Hall–Kier alpha value is -2.97. The molecule has 0 spiro atoms. The molecule has 3 aromatic rings. The fourth-order valence-electron chi connectivity index (χ4n) is 2.92. The van der Waals surface area contributed by atoms with Crippen molar-refractivity contribution in [3.63, 3.8) is 0 Å². The highest BCUT2D eigenvalue weighted by Crippen LogP contribution is 2.28. The summed E-state index contributed by atoms with van der Waals surface area (Å²) in [4.78, 5) is 12.7. The second-order valence-corrected chi connectivity index (χ2v) is 9.67. The van der Waals surface area contributed by atoms with Crippen LogP contribution in [0.15, 0.2) is 87.3 Å². The summed E-state index contributed by atoms with van der Waals surface area (Å²) in [7, 11) is -3.95. The van der Waals surface area contributed by atoms with Gasteiger partial charge in [0.2, 0.25) is 0 Å². The molecule has 1 N–H and O–H groups in total. The van der Waals surface area contributed by atoms with E-state index < -0.39 is 22.5 Å². The lowest BCUT2D eigenvalue weighted by Gasteiger charge is -2.26. The molecule has 0 saturated carbocycles. The molecule has 0 fully saturated rings. The van der Waals surface area contributed by atoms with Crippen LogP contribution in [0.1, 0.15) is 16.7 Å². The van der Waals surface area contributed by atoms with Crippen LogP contribution in [0, 0.1) is 13.8 Å². The maximum atomic E-state index is 13.4. The minimum absolute atomic E-state index is 0.113. The summed E-state index contributed by atoms with van der Waals surface area (Å²) in [5, 5.41) is 3.95. The number of nitrogens with zero attached hydrogens (tertiary/aromatic N) is 2. The van der Waals surface area contributed by atoms with Crippen LogP contribution in [-0.2, 0) is 14.8 Å². The van der Waals surface area contributed by atoms with E-state index in [1.54, 1.807) is 30.3 Å². The molecule has 0 heterocycles. The Morgan fingerprint density at radius 2 is 1.68 bits per heavy atom. The zero-order valence-electron chi connectivity index (χ0n) is 17.1. The smallest absolute Gasteiger partial charge is 0.264 e. The van der Waals surface area contributed by atoms with E-state index >= 15 is 0 Å². The van der Waals surface area contributed by atoms with Gasteiger partial charge >= 0.3 is 0 Å². The Morgan fingerprint density at radius 3 is 2.35 bits per heavy atom. The molecule has 0 aliphatic rings. The first-order valence-corrected chi connectivity index (χ1v) is 11.7. The first kappa shape index (κ1) is 22.7. The average molecular weight is 500 g/mol. The summed E-state index contributed by atoms with van der Waals surface area (Å²) >= 11 is 3.36. The predicted octanol–water partition coefficient (Wildman–Crippen LogP) is 4.41. The van der Waals surface area contributed by atoms with Crippen molar-refractivity contribution < 1.29 is 13.2 Å². The average Bonchev–Trinajstić information content (AvgIpc) is 2.76. The predicted molar refractivity (Wildman–Crippen MR) is 127 cm³/mol. The highest BCUT2D eigenvalue weighted by atomic mass is 79.9. The van der Waals surface area contributed by atoms with Crippen LogP contribution in [0.2, 0.25) is 0 Å². The van der Waals surface area contributed by atoms with Gasteiger partial charge in [-0.15, -0.1) is 0 Å². The van der Waals surface area contributed by atoms with Crippen molar-refractivity contribution in [2.24, 2.45) is 5.10 Å². The summed E-state index contributed by atoms with van der Waals surface area (Å²) in [5.74, 6) is -0.547. The number of halogens is 1. The van der Waals surface area contributed by atoms with Gasteiger partial charge in [0.05, 0.1) is 16.8 Å². The van der Waals surface area contributed by atoms with Crippen molar-refractivity contribution >= 4 is 43.8 Å². The lowest BCUT2D eigenvalue weighted by molar-refractivity contribution is -0.119. The van der Waals surface area contributed by atoms with Crippen molar-refractivity contribution in [1.82, 2.24) is 5.43 Å². The number of carbonyl (C=O) groups is 1. The van der Waals surface area contributed by atoms with Crippen molar-refractivity contribution in [1.29, 1.82) is 0 Å². The fraction of sp³-hybridized carbons (Fsp3) is 0.130. The van der Waals surface area contributed by atoms with Crippen molar-refractivity contribution in [2.75, 3.05) is 10.8 Å². The Labute approximate surface area is 190 Å². The molecule has 160 valence electrons. The maximum absolute atomic E-state index is 13.4. The first-order chi connectivity index (χ1) is 14.8. The second-order valence-electron chi connectivity index (χ2n) is 6.89. The third-order valence-electron chi connectivity index (χ3n) is 4.74. The van der Waals surface area contributed by atoms with Crippen LogP contribution in [-0.4, -0.2) is 27.1 Å². The number of rotatable bonds is 7. The molecular weight excluding hydrogens is 478 g/mol. The number of aryl methyl sites for hydroxylation is 1. The molecular formula is C23H22BrN3O3S. The molecule has 0 radical (unpaired) electrons. The minimum atomic E-state index is -3.95. The highest BCUT2D eigenvalue weighted by Gasteiger charge is 2.28. The van der Waals surface area contributed by atoms with E-state index in [2.05, 4.69) is 26.5 Å². The third kappa shape index (κ3) is 5.59. The molecule has 6 nitrogen and oxygen atoms in total. The van der Waals surface area contributed by atoms with Crippen LogP contribution >= 0.6 is 15.9 Å². The zero-order chi connectivity index (χ0) is 22.4. The third-order valence-corrected chi connectivity index (χ3v) is 7.04. The van der Waals surface area contributed by atoms with Gasteiger partial charge < -0.3 is 0 Å². The van der Waals surface area contributed by atoms with E-state index in [1.165, 1.54) is 18.3 Å². The van der Waals surface area contributed by atoms with Crippen LogP contribution in [0.25, 0.3) is 0 Å². The molecule has 1 amide bonds. The summed E-state index contributed by atoms with van der Waals surface area (Å²) < 4.78 is 28.8. The molecule has 0 aliphatic heterocycles. The molecule has 3 aromatic carbocycles. The van der Waals surface area contributed by atoms with Gasteiger partial charge in [-0.3, -0.25) is 9.10 Å². The standard InChI is InChI=1S/C23H22BrN3O3S/c1-17-7-6-10-22(18(17)2)27(31(29,30)21-8-4-3-5-9-21)16-23(28)26-25-15-19-11-13-20(24)14-12-19/h3-15H,16H2,1-2H3,(H,26,28)/b25-15+. The second kappa shape index (κ2) is 9.89. The van der Waals surface area contributed by atoms with Gasteiger partial charge in [-0.25, -0.2) is 13.8 Å². The summed E-state index contributed by atoms with van der Waals surface area (Å²) in [6.45, 7) is 3.33. The van der Waals surface area contributed by atoms with Crippen LogP contribution in [0.3, 0.4) is 0 Å². The molecule has 3 rings (SSSR count). The topological polar surface area (TPSA) is 78.8 Å². The molecule has 31 heavy (non-hydrogen) atoms. The summed E-state index contributed by atoms with van der Waals surface area (Å²) in [6, 6.07) is 20.8. The Balaban J connectivity index is 1.87. The number of benzene rings is 3. The number of nitrogens with one attached hydrogen (secondary N) is 1. The number of sulfonamides is 1. The minimum Gasteiger partial charge on any atom is -0.271 e. The van der Waals surface area contributed by atoms with Gasteiger partial charge in [0.25, 0.3) is 15.9 Å².